The molecular weight excluding hydrogens is 480 g/mol. The van der Waals surface area contributed by atoms with E-state index in [0.29, 0.717) is 9.13 Å². The van der Waals surface area contributed by atoms with Crippen LogP contribution >= 0.6 is 45.2 Å². The molecule has 0 aromatic heterocycles. The van der Waals surface area contributed by atoms with Crippen molar-refractivity contribution >= 4 is 56.8 Å². The highest BCUT2D eigenvalue weighted by Crippen LogP contribution is 2.28. The molecule has 0 aliphatic rings. The van der Waals surface area contributed by atoms with Gasteiger partial charge >= 0.3 is 0 Å². The van der Waals surface area contributed by atoms with Crippen LogP contribution in [0.3, 0.4) is 0 Å². The van der Waals surface area contributed by atoms with E-state index in [1.165, 1.54) is 0 Å². The van der Waals surface area contributed by atoms with E-state index in [4.69, 9.17) is 0 Å². The Bertz CT molecular complexity index is 684. The van der Waals surface area contributed by atoms with Crippen molar-refractivity contribution in [2.75, 3.05) is 5.32 Å². The maximum absolute atomic E-state index is 12.3. The smallest absolute Gasteiger partial charge is 0.259 e. The molecule has 0 heterocycles. The van der Waals surface area contributed by atoms with Crippen LogP contribution in [0.1, 0.15) is 21.5 Å². The van der Waals surface area contributed by atoms with Crippen molar-refractivity contribution < 1.29 is 9.90 Å². The first-order valence-electron chi connectivity index (χ1n) is 5.95. The average molecular weight is 493 g/mol. The zero-order valence-electron chi connectivity index (χ0n) is 11.0. The van der Waals surface area contributed by atoms with Gasteiger partial charge in [-0.25, -0.2) is 0 Å². The Balaban J connectivity index is 2.33. The normalized spacial score (nSPS) is 10.4. The van der Waals surface area contributed by atoms with Gasteiger partial charge in [-0.1, -0.05) is 17.7 Å². The summed E-state index contributed by atoms with van der Waals surface area (Å²) in [4.78, 5) is 12.3. The molecule has 0 bridgehead atoms. The van der Waals surface area contributed by atoms with Crippen molar-refractivity contribution in [1.82, 2.24) is 0 Å². The van der Waals surface area contributed by atoms with Crippen molar-refractivity contribution in [2.45, 2.75) is 13.8 Å². The summed E-state index contributed by atoms with van der Waals surface area (Å²) in [6.07, 6.45) is 0. The fourth-order valence-electron chi connectivity index (χ4n) is 1.88. The third-order valence-electron chi connectivity index (χ3n) is 2.90. The lowest BCUT2D eigenvalue weighted by molar-refractivity contribution is 0.102. The molecule has 104 valence electrons. The molecule has 2 rings (SSSR count). The Morgan fingerprint density at radius 2 is 1.85 bits per heavy atom. The van der Waals surface area contributed by atoms with Crippen LogP contribution in [0.25, 0.3) is 0 Å². The molecule has 5 heteroatoms. The Kier molecular flexibility index (Phi) is 4.90. The highest BCUT2D eigenvalue weighted by Gasteiger charge is 2.15. The third kappa shape index (κ3) is 3.43. The van der Waals surface area contributed by atoms with Gasteiger partial charge in [-0.05, 0) is 82.8 Å². The molecule has 3 nitrogen and oxygen atoms in total. The predicted octanol–water partition coefficient (Wildman–Crippen LogP) is 4.47. The second kappa shape index (κ2) is 6.30. The molecule has 0 atom stereocenters. The summed E-state index contributed by atoms with van der Waals surface area (Å²) in [5.41, 5.74) is 3.19. The lowest BCUT2D eigenvalue weighted by Crippen LogP contribution is -2.13. The number of hydrogen-bond acceptors (Lipinski definition) is 2. The number of nitrogens with one attached hydrogen (secondary N) is 1. The molecule has 0 radical (unpaired) electrons. The number of rotatable bonds is 2. The van der Waals surface area contributed by atoms with Gasteiger partial charge in [0.25, 0.3) is 5.91 Å². The molecule has 0 aliphatic heterocycles. The van der Waals surface area contributed by atoms with E-state index in [1.54, 1.807) is 6.07 Å². The minimum Gasteiger partial charge on any atom is -0.506 e. The van der Waals surface area contributed by atoms with Crippen molar-refractivity contribution in [3.8, 4) is 5.75 Å². The number of aryl methyl sites for hydroxylation is 2. The molecule has 1 amide bonds. The number of phenols is 1. The summed E-state index contributed by atoms with van der Waals surface area (Å²) >= 11 is 4.14. The van der Waals surface area contributed by atoms with Crippen molar-refractivity contribution in [3.05, 3.63) is 54.2 Å². The first kappa shape index (κ1) is 15.6. The molecule has 0 saturated carbocycles. The van der Waals surface area contributed by atoms with Gasteiger partial charge in [0, 0.05) is 9.26 Å². The SMILES string of the molecule is Cc1ccc(NC(=O)c2cc(I)cc(I)c2O)c(C)c1. The predicted molar refractivity (Wildman–Crippen MR) is 97.4 cm³/mol. The summed E-state index contributed by atoms with van der Waals surface area (Å²) in [6, 6.07) is 9.33. The number of carbonyl (C=O) groups is 1. The van der Waals surface area contributed by atoms with Crippen LogP contribution in [-0.4, -0.2) is 11.0 Å². The van der Waals surface area contributed by atoms with Gasteiger partial charge in [0.2, 0.25) is 0 Å². The third-order valence-corrected chi connectivity index (χ3v) is 4.35. The Labute approximate surface area is 145 Å². The summed E-state index contributed by atoms with van der Waals surface area (Å²) in [5.74, 6) is -0.279. The van der Waals surface area contributed by atoms with Crippen LogP contribution in [0.2, 0.25) is 0 Å². The second-order valence-corrected chi connectivity index (χ2v) is 6.96. The van der Waals surface area contributed by atoms with Gasteiger partial charge in [0.05, 0.1) is 9.13 Å². The topological polar surface area (TPSA) is 49.3 Å². The molecule has 20 heavy (non-hydrogen) atoms. The average Bonchev–Trinajstić information content (AvgIpc) is 2.37. The zero-order chi connectivity index (χ0) is 14.9. The van der Waals surface area contributed by atoms with Crippen LogP contribution < -0.4 is 5.32 Å². The Morgan fingerprint density at radius 3 is 2.50 bits per heavy atom. The molecule has 0 saturated heterocycles. The molecule has 0 spiro atoms. The molecule has 0 fully saturated rings. The van der Waals surface area contributed by atoms with Gasteiger partial charge in [-0.2, -0.15) is 0 Å². The molecule has 2 N–H and O–H groups in total. The van der Waals surface area contributed by atoms with E-state index in [-0.39, 0.29) is 11.7 Å². The lowest BCUT2D eigenvalue weighted by atomic mass is 10.1. The Hall–Kier alpha value is -0.830. The van der Waals surface area contributed by atoms with Gasteiger partial charge in [-0.3, -0.25) is 4.79 Å². The minimum absolute atomic E-state index is 0.0216. The fourth-order valence-corrected chi connectivity index (χ4v) is 3.73. The summed E-state index contributed by atoms with van der Waals surface area (Å²) in [5, 5.41) is 12.9. The minimum atomic E-state index is -0.300. The van der Waals surface area contributed by atoms with Crippen molar-refractivity contribution in [1.29, 1.82) is 0 Å². The molecular formula is C15H13I2NO2. The van der Waals surface area contributed by atoms with Crippen LogP contribution in [0, 0.1) is 21.0 Å². The number of phenolic OH excluding ortho intramolecular Hbond substituents is 1. The quantitative estimate of drug-likeness (QED) is 0.608. The standard InChI is InChI=1S/C15H13I2NO2/c1-8-3-4-13(9(2)5-8)18-15(20)11-6-10(16)7-12(17)14(11)19/h3-7,19H,1-2H3,(H,18,20). The van der Waals surface area contributed by atoms with Crippen molar-refractivity contribution in [3.63, 3.8) is 0 Å². The zero-order valence-corrected chi connectivity index (χ0v) is 15.3. The van der Waals surface area contributed by atoms with Crippen molar-refractivity contribution in [2.24, 2.45) is 0 Å². The van der Waals surface area contributed by atoms with Crippen LogP contribution in [0.4, 0.5) is 5.69 Å². The van der Waals surface area contributed by atoms with Gasteiger partial charge in [0.15, 0.2) is 0 Å². The highest BCUT2D eigenvalue weighted by molar-refractivity contribution is 14.1. The van der Waals surface area contributed by atoms with Gasteiger partial charge in [0.1, 0.15) is 5.75 Å². The molecule has 2 aromatic rings. The largest absolute Gasteiger partial charge is 0.506 e. The summed E-state index contributed by atoms with van der Waals surface area (Å²) in [6.45, 7) is 3.95. The highest BCUT2D eigenvalue weighted by atomic mass is 127. The lowest BCUT2D eigenvalue weighted by Gasteiger charge is -2.11. The number of aromatic hydroxyl groups is 1. The van der Waals surface area contributed by atoms with E-state index in [2.05, 4.69) is 27.9 Å². The van der Waals surface area contributed by atoms with Crippen LogP contribution in [-0.2, 0) is 0 Å². The first-order chi connectivity index (χ1) is 9.38. The fraction of sp³-hybridized carbons (Fsp3) is 0.133. The monoisotopic (exact) mass is 493 g/mol. The Morgan fingerprint density at radius 1 is 1.15 bits per heavy atom. The maximum Gasteiger partial charge on any atom is 0.259 e. The van der Waals surface area contributed by atoms with E-state index in [1.807, 2.05) is 60.7 Å². The molecule has 0 unspecified atom stereocenters. The number of carbonyl (C=O) groups excluding carboxylic acids is 1. The number of halogens is 2. The molecule has 2 aromatic carbocycles. The summed E-state index contributed by atoms with van der Waals surface area (Å²) < 4.78 is 1.58. The van der Waals surface area contributed by atoms with Gasteiger partial charge in [-0.15, -0.1) is 0 Å². The maximum atomic E-state index is 12.3. The van der Waals surface area contributed by atoms with E-state index in [0.717, 1.165) is 20.4 Å². The first-order valence-corrected chi connectivity index (χ1v) is 8.11. The van der Waals surface area contributed by atoms with Crippen LogP contribution in [0.15, 0.2) is 30.3 Å². The van der Waals surface area contributed by atoms with E-state index < -0.39 is 0 Å². The number of anilines is 1. The number of hydrogen-bond donors (Lipinski definition) is 2. The van der Waals surface area contributed by atoms with E-state index >= 15 is 0 Å². The second-order valence-electron chi connectivity index (χ2n) is 4.56. The number of amides is 1. The number of benzene rings is 2. The van der Waals surface area contributed by atoms with Gasteiger partial charge < -0.3 is 10.4 Å². The van der Waals surface area contributed by atoms with E-state index in [9.17, 15) is 9.90 Å². The summed E-state index contributed by atoms with van der Waals surface area (Å²) in [7, 11) is 0. The van der Waals surface area contributed by atoms with Crippen LogP contribution in [0.5, 0.6) is 5.75 Å². The molecule has 0 aliphatic carbocycles.